The summed E-state index contributed by atoms with van der Waals surface area (Å²) in [6.45, 7) is 3.10. The summed E-state index contributed by atoms with van der Waals surface area (Å²) in [6.07, 6.45) is 7.09. The number of nitrogens with zero attached hydrogens (tertiary/aromatic N) is 1. The Morgan fingerprint density at radius 1 is 1.32 bits per heavy atom. The van der Waals surface area contributed by atoms with E-state index in [1.165, 1.54) is 12.2 Å². The first-order chi connectivity index (χ1) is 12.3. The second-order valence-electron chi connectivity index (χ2n) is 6.53. The largest absolute Gasteiger partial charge is 0.464 e. The lowest BCUT2D eigenvalue weighted by Crippen LogP contribution is -2.41. The van der Waals surface area contributed by atoms with E-state index in [0.717, 1.165) is 49.5 Å². The van der Waals surface area contributed by atoms with Gasteiger partial charge in [0, 0.05) is 17.8 Å². The number of anilines is 1. The number of benzene rings is 1. The summed E-state index contributed by atoms with van der Waals surface area (Å²) in [6, 6.07) is 11.6. The SMILES string of the molecule is CSCCCN1CCCC(C(=O)Nc2ccc(-c3ccco3)cc2)C1. The molecule has 2 heterocycles. The van der Waals surface area contributed by atoms with Crippen molar-refractivity contribution in [1.29, 1.82) is 0 Å². The van der Waals surface area contributed by atoms with Gasteiger partial charge < -0.3 is 14.6 Å². The minimum Gasteiger partial charge on any atom is -0.464 e. The molecule has 1 fully saturated rings. The molecule has 25 heavy (non-hydrogen) atoms. The molecule has 5 heteroatoms. The third-order valence-electron chi connectivity index (χ3n) is 4.66. The Labute approximate surface area is 154 Å². The highest BCUT2D eigenvalue weighted by molar-refractivity contribution is 7.98. The average Bonchev–Trinajstić information content (AvgIpc) is 3.17. The maximum atomic E-state index is 12.6. The van der Waals surface area contributed by atoms with Crippen LogP contribution in [-0.4, -0.2) is 42.4 Å². The second kappa shape index (κ2) is 9.11. The van der Waals surface area contributed by atoms with Gasteiger partial charge in [0.05, 0.1) is 12.2 Å². The zero-order chi connectivity index (χ0) is 17.5. The number of likely N-dealkylation sites (tertiary alicyclic amines) is 1. The van der Waals surface area contributed by atoms with E-state index in [0.29, 0.717) is 0 Å². The molecule has 1 amide bonds. The van der Waals surface area contributed by atoms with E-state index >= 15 is 0 Å². The molecule has 0 saturated carbocycles. The summed E-state index contributed by atoms with van der Waals surface area (Å²) in [5.41, 5.74) is 1.86. The van der Waals surface area contributed by atoms with Gasteiger partial charge in [-0.25, -0.2) is 0 Å². The molecule has 4 nitrogen and oxygen atoms in total. The van der Waals surface area contributed by atoms with Crippen molar-refractivity contribution < 1.29 is 9.21 Å². The standard InChI is InChI=1S/C20H26N2O2S/c1-25-14-4-12-22-11-2-5-17(15-22)20(23)21-18-9-7-16(8-10-18)19-6-3-13-24-19/h3,6-10,13,17H,2,4-5,11-12,14-15H2,1H3,(H,21,23). The van der Waals surface area contributed by atoms with E-state index in [2.05, 4.69) is 16.5 Å². The summed E-state index contributed by atoms with van der Waals surface area (Å²) >= 11 is 1.89. The van der Waals surface area contributed by atoms with Gasteiger partial charge in [0.15, 0.2) is 0 Å². The van der Waals surface area contributed by atoms with Crippen LogP contribution in [0.4, 0.5) is 5.69 Å². The number of rotatable bonds is 7. The molecule has 0 radical (unpaired) electrons. The van der Waals surface area contributed by atoms with E-state index in [1.807, 2.05) is 48.2 Å². The monoisotopic (exact) mass is 358 g/mol. The Morgan fingerprint density at radius 2 is 2.16 bits per heavy atom. The molecule has 1 aliphatic rings. The first-order valence-corrected chi connectivity index (χ1v) is 10.3. The molecule has 0 bridgehead atoms. The molecule has 2 aromatic rings. The highest BCUT2D eigenvalue weighted by atomic mass is 32.2. The summed E-state index contributed by atoms with van der Waals surface area (Å²) in [5.74, 6) is 2.26. The van der Waals surface area contributed by atoms with Crippen molar-refractivity contribution in [3.63, 3.8) is 0 Å². The van der Waals surface area contributed by atoms with Gasteiger partial charge in [0.2, 0.25) is 5.91 Å². The van der Waals surface area contributed by atoms with E-state index in [-0.39, 0.29) is 11.8 Å². The summed E-state index contributed by atoms with van der Waals surface area (Å²) in [7, 11) is 0. The molecule has 1 unspecified atom stereocenters. The molecular formula is C20H26N2O2S. The number of nitrogens with one attached hydrogen (secondary N) is 1. The molecule has 1 aromatic heterocycles. The van der Waals surface area contributed by atoms with Crippen LogP contribution in [0.25, 0.3) is 11.3 Å². The van der Waals surface area contributed by atoms with Crippen LogP contribution in [-0.2, 0) is 4.79 Å². The summed E-state index contributed by atoms with van der Waals surface area (Å²) in [5, 5.41) is 3.07. The fourth-order valence-electron chi connectivity index (χ4n) is 3.31. The van der Waals surface area contributed by atoms with E-state index in [4.69, 9.17) is 4.42 Å². The first-order valence-electron chi connectivity index (χ1n) is 8.92. The Bertz CT molecular complexity index is 655. The van der Waals surface area contributed by atoms with Crippen molar-refractivity contribution >= 4 is 23.4 Å². The Morgan fingerprint density at radius 3 is 2.88 bits per heavy atom. The maximum Gasteiger partial charge on any atom is 0.228 e. The van der Waals surface area contributed by atoms with Crippen LogP contribution in [0.15, 0.2) is 47.1 Å². The van der Waals surface area contributed by atoms with Gasteiger partial charge in [-0.15, -0.1) is 0 Å². The topological polar surface area (TPSA) is 45.5 Å². The van der Waals surface area contributed by atoms with Gasteiger partial charge in [0.25, 0.3) is 0 Å². The van der Waals surface area contributed by atoms with Gasteiger partial charge in [-0.05, 0) is 80.8 Å². The second-order valence-corrected chi connectivity index (χ2v) is 7.52. The molecule has 1 aliphatic heterocycles. The number of furan rings is 1. The predicted molar refractivity (Wildman–Crippen MR) is 105 cm³/mol. The minimum absolute atomic E-state index is 0.0905. The van der Waals surface area contributed by atoms with Gasteiger partial charge in [-0.3, -0.25) is 4.79 Å². The molecule has 0 spiro atoms. The molecule has 0 aliphatic carbocycles. The van der Waals surface area contributed by atoms with Crippen molar-refractivity contribution in [3.8, 4) is 11.3 Å². The molecule has 1 atom stereocenters. The number of thioether (sulfide) groups is 1. The van der Waals surface area contributed by atoms with Crippen LogP contribution in [0.2, 0.25) is 0 Å². The number of hydrogen-bond donors (Lipinski definition) is 1. The zero-order valence-corrected chi connectivity index (χ0v) is 15.6. The normalized spacial score (nSPS) is 18.2. The minimum atomic E-state index is 0.0905. The molecule has 1 saturated heterocycles. The van der Waals surface area contributed by atoms with Crippen molar-refractivity contribution in [2.75, 3.05) is 37.0 Å². The van der Waals surface area contributed by atoms with Crippen LogP contribution in [0.3, 0.4) is 0 Å². The third kappa shape index (κ3) is 5.13. The average molecular weight is 359 g/mol. The molecule has 3 rings (SSSR count). The van der Waals surface area contributed by atoms with Crippen LogP contribution < -0.4 is 5.32 Å². The Kier molecular flexibility index (Phi) is 6.59. The Balaban J connectivity index is 1.52. The van der Waals surface area contributed by atoms with Crippen LogP contribution in [0, 0.1) is 5.92 Å². The third-order valence-corrected chi connectivity index (χ3v) is 5.35. The van der Waals surface area contributed by atoms with Crippen molar-refractivity contribution in [2.24, 2.45) is 5.92 Å². The van der Waals surface area contributed by atoms with Gasteiger partial charge in [-0.2, -0.15) is 11.8 Å². The number of piperidine rings is 1. The van der Waals surface area contributed by atoms with Crippen LogP contribution in [0.5, 0.6) is 0 Å². The summed E-state index contributed by atoms with van der Waals surface area (Å²) < 4.78 is 5.39. The molecular weight excluding hydrogens is 332 g/mol. The highest BCUT2D eigenvalue weighted by Crippen LogP contribution is 2.23. The van der Waals surface area contributed by atoms with Gasteiger partial charge in [-0.1, -0.05) is 0 Å². The van der Waals surface area contributed by atoms with Crippen LogP contribution >= 0.6 is 11.8 Å². The molecule has 1 N–H and O–H groups in total. The molecule has 1 aromatic carbocycles. The van der Waals surface area contributed by atoms with Gasteiger partial charge in [0.1, 0.15) is 5.76 Å². The van der Waals surface area contributed by atoms with Crippen molar-refractivity contribution in [2.45, 2.75) is 19.3 Å². The van der Waals surface area contributed by atoms with Crippen molar-refractivity contribution in [3.05, 3.63) is 42.7 Å². The Hall–Kier alpha value is -1.72. The smallest absolute Gasteiger partial charge is 0.228 e. The lowest BCUT2D eigenvalue weighted by Gasteiger charge is -2.31. The van der Waals surface area contributed by atoms with Gasteiger partial charge >= 0.3 is 0 Å². The fourth-order valence-corrected chi connectivity index (χ4v) is 3.73. The van der Waals surface area contributed by atoms with E-state index < -0.39 is 0 Å². The zero-order valence-electron chi connectivity index (χ0n) is 14.7. The van der Waals surface area contributed by atoms with Crippen LogP contribution in [0.1, 0.15) is 19.3 Å². The highest BCUT2D eigenvalue weighted by Gasteiger charge is 2.25. The number of hydrogen-bond acceptors (Lipinski definition) is 4. The predicted octanol–water partition coefficient (Wildman–Crippen LogP) is 4.35. The number of carbonyl (C=O) groups is 1. The number of amides is 1. The lowest BCUT2D eigenvalue weighted by molar-refractivity contribution is -0.121. The van der Waals surface area contributed by atoms with E-state index in [9.17, 15) is 4.79 Å². The first kappa shape index (κ1) is 18.1. The molecule has 134 valence electrons. The van der Waals surface area contributed by atoms with E-state index in [1.54, 1.807) is 6.26 Å². The maximum absolute atomic E-state index is 12.6. The summed E-state index contributed by atoms with van der Waals surface area (Å²) in [4.78, 5) is 15.0. The van der Waals surface area contributed by atoms with Crippen molar-refractivity contribution in [1.82, 2.24) is 4.90 Å². The fraction of sp³-hybridized carbons (Fsp3) is 0.450. The quantitative estimate of drug-likeness (QED) is 0.748. The number of carbonyl (C=O) groups excluding carboxylic acids is 1. The lowest BCUT2D eigenvalue weighted by atomic mass is 9.97.